The predicted molar refractivity (Wildman–Crippen MR) is 125 cm³/mol. The normalized spacial score (nSPS) is 18.0. The van der Waals surface area contributed by atoms with E-state index in [1.165, 1.54) is 21.6 Å². The molecule has 1 aliphatic rings. The molecule has 2 atom stereocenters. The van der Waals surface area contributed by atoms with E-state index >= 15 is 0 Å². The van der Waals surface area contributed by atoms with Crippen molar-refractivity contribution in [2.24, 2.45) is 11.5 Å². The molecule has 0 radical (unpaired) electrons. The Morgan fingerprint density at radius 2 is 2.00 bits per heavy atom. The van der Waals surface area contributed by atoms with Gasteiger partial charge in [-0.2, -0.15) is 10.2 Å². The van der Waals surface area contributed by atoms with Crippen LogP contribution in [0.25, 0.3) is 11.3 Å². The Kier molecular flexibility index (Phi) is 5.64. The molecule has 2 unspecified atom stereocenters. The van der Waals surface area contributed by atoms with Gasteiger partial charge in [0.1, 0.15) is 11.4 Å². The van der Waals surface area contributed by atoms with E-state index in [-0.39, 0.29) is 29.0 Å². The number of hydrogen-bond acceptors (Lipinski definition) is 8. The topological polar surface area (TPSA) is 171 Å². The fraction of sp³-hybridized carbons (Fsp3) is 0.273. The molecule has 0 aliphatic heterocycles. The summed E-state index contributed by atoms with van der Waals surface area (Å²) in [7, 11) is 0. The third kappa shape index (κ3) is 4.18. The summed E-state index contributed by atoms with van der Waals surface area (Å²) in [6, 6.07) is 5.48. The van der Waals surface area contributed by atoms with E-state index in [1.807, 2.05) is 0 Å². The highest BCUT2D eigenvalue weighted by Gasteiger charge is 2.23. The van der Waals surface area contributed by atoms with E-state index in [1.54, 1.807) is 36.8 Å². The summed E-state index contributed by atoms with van der Waals surface area (Å²) in [5.41, 5.74) is 13.0. The first-order valence-corrected chi connectivity index (χ1v) is 11.0. The smallest absolute Gasteiger partial charge is 0.271 e. The van der Waals surface area contributed by atoms with Gasteiger partial charge in [-0.25, -0.2) is 14.2 Å². The zero-order valence-electron chi connectivity index (χ0n) is 18.3. The molecule has 4 heterocycles. The van der Waals surface area contributed by atoms with E-state index in [0.29, 0.717) is 17.2 Å². The van der Waals surface area contributed by atoms with E-state index in [9.17, 15) is 9.59 Å². The van der Waals surface area contributed by atoms with Gasteiger partial charge >= 0.3 is 0 Å². The molecule has 4 aromatic heterocycles. The maximum Gasteiger partial charge on any atom is 0.271 e. The number of hydrogen-bond donors (Lipinski definition) is 4. The lowest BCUT2D eigenvalue weighted by Crippen LogP contribution is -2.42. The summed E-state index contributed by atoms with van der Waals surface area (Å²) < 4.78 is 2.93. The summed E-state index contributed by atoms with van der Waals surface area (Å²) >= 11 is 0. The fourth-order valence-electron chi connectivity index (χ4n) is 4.10. The van der Waals surface area contributed by atoms with Gasteiger partial charge in [0.25, 0.3) is 11.8 Å². The average molecular weight is 461 g/mol. The Morgan fingerprint density at radius 1 is 1.15 bits per heavy atom. The Hall–Kier alpha value is -4.32. The average Bonchev–Trinajstić information content (AvgIpc) is 3.45. The van der Waals surface area contributed by atoms with Crippen molar-refractivity contribution in [2.45, 2.75) is 37.8 Å². The number of nitrogens with zero attached hydrogens (tertiary/aromatic N) is 6. The summed E-state index contributed by atoms with van der Waals surface area (Å²) in [6.07, 6.45) is 12.0. The highest BCUT2D eigenvalue weighted by molar-refractivity contribution is 6.10. The molecule has 4 aromatic rings. The second-order valence-corrected chi connectivity index (χ2v) is 8.20. The van der Waals surface area contributed by atoms with Crippen molar-refractivity contribution in [3.63, 3.8) is 0 Å². The van der Waals surface area contributed by atoms with Crippen molar-refractivity contribution in [1.82, 2.24) is 29.4 Å². The van der Waals surface area contributed by atoms with Crippen LogP contribution in [0.3, 0.4) is 0 Å². The SMILES string of the molecule is NC(=O)c1nn(-c2cccnc2)cc1NC(=O)c1cnn2ccc(NC3CCCCC3N)nc12. The van der Waals surface area contributed by atoms with Crippen LogP contribution in [-0.4, -0.2) is 53.3 Å². The third-order valence-electron chi connectivity index (χ3n) is 5.87. The largest absolute Gasteiger partial charge is 0.366 e. The van der Waals surface area contributed by atoms with Gasteiger partial charge in [0, 0.05) is 24.5 Å². The zero-order chi connectivity index (χ0) is 23.7. The van der Waals surface area contributed by atoms with Crippen LogP contribution >= 0.6 is 0 Å². The second-order valence-electron chi connectivity index (χ2n) is 8.20. The van der Waals surface area contributed by atoms with Crippen LogP contribution in [0.1, 0.15) is 46.5 Å². The van der Waals surface area contributed by atoms with Gasteiger partial charge in [0.2, 0.25) is 0 Å². The predicted octanol–water partition coefficient (Wildman–Crippen LogP) is 1.34. The number of rotatable bonds is 6. The van der Waals surface area contributed by atoms with Gasteiger partial charge in [-0.3, -0.25) is 14.6 Å². The monoisotopic (exact) mass is 460 g/mol. The first kappa shape index (κ1) is 21.5. The van der Waals surface area contributed by atoms with Crippen LogP contribution in [0.5, 0.6) is 0 Å². The molecule has 1 saturated carbocycles. The number of amides is 2. The molecule has 5 rings (SSSR count). The lowest BCUT2D eigenvalue weighted by Gasteiger charge is -2.29. The molecule has 0 bridgehead atoms. The van der Waals surface area contributed by atoms with Crippen molar-refractivity contribution in [1.29, 1.82) is 0 Å². The van der Waals surface area contributed by atoms with Crippen molar-refractivity contribution in [3.8, 4) is 5.69 Å². The van der Waals surface area contributed by atoms with Crippen molar-refractivity contribution in [3.05, 3.63) is 60.4 Å². The van der Waals surface area contributed by atoms with Gasteiger partial charge in [-0.1, -0.05) is 12.8 Å². The third-order valence-corrected chi connectivity index (χ3v) is 5.87. The van der Waals surface area contributed by atoms with Crippen LogP contribution in [0.4, 0.5) is 11.5 Å². The lowest BCUT2D eigenvalue weighted by molar-refractivity contribution is 0.0996. The number of aromatic nitrogens is 6. The van der Waals surface area contributed by atoms with Crippen LogP contribution in [-0.2, 0) is 0 Å². The number of anilines is 2. The lowest BCUT2D eigenvalue weighted by atomic mass is 9.91. The summed E-state index contributed by atoms with van der Waals surface area (Å²) in [4.78, 5) is 33.7. The molecule has 12 heteroatoms. The van der Waals surface area contributed by atoms with Crippen molar-refractivity contribution < 1.29 is 9.59 Å². The molecule has 6 N–H and O–H groups in total. The molecule has 1 fully saturated rings. The van der Waals surface area contributed by atoms with Gasteiger partial charge in [0.15, 0.2) is 11.3 Å². The summed E-state index contributed by atoms with van der Waals surface area (Å²) in [6.45, 7) is 0. The molecule has 0 spiro atoms. The molecule has 34 heavy (non-hydrogen) atoms. The van der Waals surface area contributed by atoms with Crippen LogP contribution < -0.4 is 22.1 Å². The quantitative estimate of drug-likeness (QED) is 0.334. The second kappa shape index (κ2) is 8.90. The number of nitrogens with two attached hydrogens (primary N) is 2. The van der Waals surface area contributed by atoms with Crippen LogP contribution in [0, 0.1) is 0 Å². The molecular weight excluding hydrogens is 436 g/mol. The Morgan fingerprint density at radius 3 is 2.76 bits per heavy atom. The molecule has 1 aliphatic carbocycles. The molecule has 2 amide bonds. The van der Waals surface area contributed by atoms with Crippen LogP contribution in [0.15, 0.2) is 49.2 Å². The van der Waals surface area contributed by atoms with E-state index < -0.39 is 11.8 Å². The molecular formula is C22H24N10O2. The Labute approximate surface area is 194 Å². The number of fused-ring (bicyclic) bond motifs is 1. The summed E-state index contributed by atoms with van der Waals surface area (Å²) in [5, 5.41) is 14.5. The minimum atomic E-state index is -0.772. The molecule has 174 valence electrons. The maximum atomic E-state index is 13.1. The zero-order valence-corrected chi connectivity index (χ0v) is 18.3. The van der Waals surface area contributed by atoms with Gasteiger partial charge in [-0.05, 0) is 31.0 Å². The number of primary amides is 1. The minimum Gasteiger partial charge on any atom is -0.366 e. The number of nitrogens with one attached hydrogen (secondary N) is 2. The highest BCUT2D eigenvalue weighted by Crippen LogP contribution is 2.22. The molecule has 12 nitrogen and oxygen atoms in total. The van der Waals surface area contributed by atoms with Crippen molar-refractivity contribution >= 4 is 29.0 Å². The Balaban J connectivity index is 1.41. The highest BCUT2D eigenvalue weighted by atomic mass is 16.2. The first-order chi connectivity index (χ1) is 16.5. The molecule has 0 saturated heterocycles. The van der Waals surface area contributed by atoms with Gasteiger partial charge < -0.3 is 22.1 Å². The minimum absolute atomic E-state index is 0.0584. The fourth-order valence-corrected chi connectivity index (χ4v) is 4.10. The van der Waals surface area contributed by atoms with E-state index in [0.717, 1.165) is 25.7 Å². The standard InChI is InChI=1S/C22H24N10O2/c23-15-5-1-2-6-16(15)27-18-7-9-31-21(29-18)14(11-26-31)22(34)28-17-12-32(30-19(17)20(24)33)13-4-3-8-25-10-13/h3-4,7-12,15-16H,1-2,5-6,23H2,(H2,24,33)(H,27,29)(H,28,34). The number of carbonyl (C=O) groups excluding carboxylic acids is 2. The van der Waals surface area contributed by atoms with Gasteiger partial charge in [-0.15, -0.1) is 0 Å². The van der Waals surface area contributed by atoms with E-state index in [4.69, 9.17) is 11.5 Å². The van der Waals surface area contributed by atoms with E-state index in [2.05, 4.69) is 30.8 Å². The maximum absolute atomic E-state index is 13.1. The number of carbonyl (C=O) groups is 2. The summed E-state index contributed by atoms with van der Waals surface area (Å²) in [5.74, 6) is -0.653. The van der Waals surface area contributed by atoms with Crippen LogP contribution in [0.2, 0.25) is 0 Å². The Bertz CT molecular complexity index is 1350. The van der Waals surface area contributed by atoms with Crippen molar-refractivity contribution in [2.75, 3.05) is 10.6 Å². The first-order valence-electron chi connectivity index (χ1n) is 11.0. The number of pyridine rings is 1. The van der Waals surface area contributed by atoms with Gasteiger partial charge in [0.05, 0.1) is 30.0 Å². The molecule has 0 aromatic carbocycles.